The molecular formula is C19H30O3. The van der Waals surface area contributed by atoms with Crippen LogP contribution in [0.1, 0.15) is 65.7 Å². The van der Waals surface area contributed by atoms with Gasteiger partial charge in [-0.1, -0.05) is 26.0 Å². The zero-order chi connectivity index (χ0) is 16.3. The van der Waals surface area contributed by atoms with Gasteiger partial charge in [-0.3, -0.25) is 9.59 Å². The molecule has 2 rings (SSSR count). The molecule has 0 aromatic rings. The highest BCUT2D eigenvalue weighted by Gasteiger charge is 2.50. The summed E-state index contributed by atoms with van der Waals surface area (Å²) in [7, 11) is 0. The van der Waals surface area contributed by atoms with E-state index in [0.29, 0.717) is 25.7 Å². The Labute approximate surface area is 134 Å². The fraction of sp³-hybridized carbons (Fsp3) is 0.789. The number of hydrogen-bond acceptors (Lipinski definition) is 3. The van der Waals surface area contributed by atoms with Crippen LogP contribution in [-0.4, -0.2) is 22.8 Å². The van der Waals surface area contributed by atoms with E-state index >= 15 is 0 Å². The van der Waals surface area contributed by atoms with Gasteiger partial charge in [0.2, 0.25) is 0 Å². The summed E-state index contributed by atoms with van der Waals surface area (Å²) in [6, 6.07) is 0. The van der Waals surface area contributed by atoms with Crippen molar-refractivity contribution in [3.63, 3.8) is 0 Å². The molecule has 0 heterocycles. The number of carbonyl (C=O) groups excluding carboxylic acids is 2. The van der Waals surface area contributed by atoms with E-state index in [0.717, 1.165) is 19.3 Å². The SMILES string of the molecule is CC=CCCC(C)(C)CCC(=O)[C@@H]1[C@@H]2CC(=O)C[C@@H]2C[C@@H]1O. The topological polar surface area (TPSA) is 54.4 Å². The van der Waals surface area contributed by atoms with Crippen molar-refractivity contribution in [2.45, 2.75) is 71.8 Å². The van der Waals surface area contributed by atoms with Crippen molar-refractivity contribution in [3.05, 3.63) is 12.2 Å². The first-order chi connectivity index (χ1) is 10.3. The molecule has 0 saturated heterocycles. The summed E-state index contributed by atoms with van der Waals surface area (Å²) in [5, 5.41) is 10.2. The number of rotatable bonds is 7. The average molecular weight is 306 g/mol. The molecule has 1 N–H and O–H groups in total. The van der Waals surface area contributed by atoms with Gasteiger partial charge in [0.25, 0.3) is 0 Å². The first-order valence-electron chi connectivity index (χ1n) is 8.67. The third-order valence-corrected chi connectivity index (χ3v) is 5.62. The van der Waals surface area contributed by atoms with Crippen molar-refractivity contribution in [1.82, 2.24) is 0 Å². The van der Waals surface area contributed by atoms with E-state index in [-0.39, 0.29) is 34.7 Å². The van der Waals surface area contributed by atoms with Crippen LogP contribution in [0, 0.1) is 23.2 Å². The Hall–Kier alpha value is -0.960. The van der Waals surface area contributed by atoms with Gasteiger partial charge < -0.3 is 5.11 Å². The molecule has 0 amide bonds. The second-order valence-corrected chi connectivity index (χ2v) is 7.94. The van der Waals surface area contributed by atoms with Gasteiger partial charge in [-0.2, -0.15) is 0 Å². The molecule has 2 aliphatic rings. The van der Waals surface area contributed by atoms with Crippen molar-refractivity contribution < 1.29 is 14.7 Å². The molecule has 124 valence electrons. The second kappa shape index (κ2) is 7.08. The first-order valence-corrected chi connectivity index (χ1v) is 8.67. The standard InChI is InChI=1S/C19H30O3/c1-4-5-6-8-19(2,3)9-7-16(21)18-15-12-14(20)10-13(15)11-17(18)22/h4-5,13,15,17-18,22H,6-12H2,1-3H3/t13-,15-,17+,18+/m1/s1. The quantitative estimate of drug-likeness (QED) is 0.730. The molecule has 0 bridgehead atoms. The van der Waals surface area contributed by atoms with Gasteiger partial charge in [0, 0.05) is 25.2 Å². The van der Waals surface area contributed by atoms with Crippen LogP contribution in [0.5, 0.6) is 0 Å². The number of fused-ring (bicyclic) bond motifs is 1. The maximum Gasteiger partial charge on any atom is 0.138 e. The van der Waals surface area contributed by atoms with E-state index in [4.69, 9.17) is 0 Å². The van der Waals surface area contributed by atoms with Crippen molar-refractivity contribution in [2.75, 3.05) is 0 Å². The predicted octanol–water partition coefficient (Wildman–Crippen LogP) is 3.69. The maximum atomic E-state index is 12.6. The molecule has 2 saturated carbocycles. The lowest BCUT2D eigenvalue weighted by atomic mass is 9.79. The highest BCUT2D eigenvalue weighted by Crippen LogP contribution is 2.47. The number of allylic oxidation sites excluding steroid dienone is 2. The molecule has 3 heteroatoms. The Morgan fingerprint density at radius 3 is 2.73 bits per heavy atom. The van der Waals surface area contributed by atoms with Crippen molar-refractivity contribution >= 4 is 11.6 Å². The van der Waals surface area contributed by atoms with Gasteiger partial charge in [-0.15, -0.1) is 0 Å². The van der Waals surface area contributed by atoms with E-state index in [1.54, 1.807) is 0 Å². The zero-order valence-corrected chi connectivity index (χ0v) is 14.2. The molecule has 0 unspecified atom stereocenters. The Kier molecular flexibility index (Phi) is 5.60. The molecule has 22 heavy (non-hydrogen) atoms. The molecule has 3 nitrogen and oxygen atoms in total. The minimum absolute atomic E-state index is 0.112. The van der Waals surface area contributed by atoms with Crippen molar-refractivity contribution in [1.29, 1.82) is 0 Å². The molecule has 4 atom stereocenters. The highest BCUT2D eigenvalue weighted by atomic mass is 16.3. The Bertz CT molecular complexity index is 450. The number of aliphatic hydroxyl groups excluding tert-OH is 1. The van der Waals surface area contributed by atoms with Crippen LogP contribution in [0.15, 0.2) is 12.2 Å². The van der Waals surface area contributed by atoms with Crippen LogP contribution < -0.4 is 0 Å². The van der Waals surface area contributed by atoms with Crippen LogP contribution in [0.4, 0.5) is 0 Å². The Balaban J connectivity index is 1.87. The van der Waals surface area contributed by atoms with E-state index in [2.05, 4.69) is 26.0 Å². The molecule has 0 aliphatic heterocycles. The van der Waals surface area contributed by atoms with Crippen molar-refractivity contribution in [2.24, 2.45) is 23.2 Å². The number of carbonyl (C=O) groups is 2. The molecule has 2 aliphatic carbocycles. The summed E-state index contributed by atoms with van der Waals surface area (Å²) >= 11 is 0. The first kappa shape index (κ1) is 17.4. The third kappa shape index (κ3) is 4.07. The number of Topliss-reactive ketones (excluding diaryl/α,β-unsaturated/α-hetero) is 2. The summed E-state index contributed by atoms with van der Waals surface area (Å²) in [6.07, 6.45) is 8.92. The molecular weight excluding hydrogens is 276 g/mol. The van der Waals surface area contributed by atoms with Gasteiger partial charge in [0.15, 0.2) is 0 Å². The maximum absolute atomic E-state index is 12.6. The normalized spacial score (nSPS) is 31.9. The summed E-state index contributed by atoms with van der Waals surface area (Å²) in [5.41, 5.74) is 0.142. The van der Waals surface area contributed by atoms with E-state index in [1.165, 1.54) is 0 Å². The molecule has 0 aromatic heterocycles. The van der Waals surface area contributed by atoms with Crippen LogP contribution in [0.25, 0.3) is 0 Å². The van der Waals surface area contributed by atoms with E-state index < -0.39 is 6.10 Å². The van der Waals surface area contributed by atoms with Crippen LogP contribution in [0.2, 0.25) is 0 Å². The van der Waals surface area contributed by atoms with Gasteiger partial charge in [0.1, 0.15) is 11.6 Å². The van der Waals surface area contributed by atoms with Crippen molar-refractivity contribution in [3.8, 4) is 0 Å². The lowest BCUT2D eigenvalue weighted by Crippen LogP contribution is -2.29. The summed E-state index contributed by atoms with van der Waals surface area (Å²) < 4.78 is 0. The number of hydrogen-bond donors (Lipinski definition) is 1. The third-order valence-electron chi connectivity index (χ3n) is 5.62. The minimum atomic E-state index is -0.526. The van der Waals surface area contributed by atoms with E-state index in [1.807, 2.05) is 6.92 Å². The molecule has 0 aromatic carbocycles. The van der Waals surface area contributed by atoms with Gasteiger partial charge >= 0.3 is 0 Å². The van der Waals surface area contributed by atoms with Crippen LogP contribution in [0.3, 0.4) is 0 Å². The van der Waals surface area contributed by atoms with Gasteiger partial charge in [0.05, 0.1) is 6.10 Å². The lowest BCUT2D eigenvalue weighted by Gasteiger charge is -2.26. The second-order valence-electron chi connectivity index (χ2n) is 7.94. The average Bonchev–Trinajstić information content (AvgIpc) is 2.91. The number of aliphatic hydroxyl groups is 1. The predicted molar refractivity (Wildman–Crippen MR) is 87.4 cm³/mol. The monoisotopic (exact) mass is 306 g/mol. The molecule has 2 fully saturated rings. The Morgan fingerprint density at radius 1 is 1.32 bits per heavy atom. The van der Waals surface area contributed by atoms with Crippen LogP contribution in [-0.2, 0) is 9.59 Å². The minimum Gasteiger partial charge on any atom is -0.392 e. The summed E-state index contributed by atoms with van der Waals surface area (Å²) in [6.45, 7) is 6.44. The lowest BCUT2D eigenvalue weighted by molar-refractivity contribution is -0.127. The smallest absolute Gasteiger partial charge is 0.138 e. The fourth-order valence-corrected chi connectivity index (χ4v) is 4.22. The largest absolute Gasteiger partial charge is 0.392 e. The number of ketones is 2. The van der Waals surface area contributed by atoms with Gasteiger partial charge in [-0.05, 0) is 49.9 Å². The summed E-state index contributed by atoms with van der Waals surface area (Å²) in [5.74, 6) is 0.517. The zero-order valence-electron chi connectivity index (χ0n) is 14.2. The highest BCUT2D eigenvalue weighted by molar-refractivity contribution is 5.86. The molecule has 0 radical (unpaired) electrons. The fourth-order valence-electron chi connectivity index (χ4n) is 4.22. The van der Waals surface area contributed by atoms with Gasteiger partial charge in [-0.25, -0.2) is 0 Å². The Morgan fingerprint density at radius 2 is 2.05 bits per heavy atom. The van der Waals surface area contributed by atoms with Crippen LogP contribution >= 0.6 is 0 Å². The van der Waals surface area contributed by atoms with E-state index in [9.17, 15) is 14.7 Å². The molecule has 0 spiro atoms. The summed E-state index contributed by atoms with van der Waals surface area (Å²) in [4.78, 5) is 24.2.